The van der Waals surface area contributed by atoms with Gasteiger partial charge in [0.2, 0.25) is 0 Å². The van der Waals surface area contributed by atoms with Gasteiger partial charge < -0.3 is 0 Å². The van der Waals surface area contributed by atoms with Gasteiger partial charge in [-0.3, -0.25) is 0 Å². The molecule has 3 atom stereocenters. The summed E-state index contributed by atoms with van der Waals surface area (Å²) < 4.78 is 0. The monoisotopic (exact) mass is 186 g/mol. The second-order valence-corrected chi connectivity index (χ2v) is 4.44. The highest BCUT2D eigenvalue weighted by molar-refractivity contribution is 5.23. The summed E-state index contributed by atoms with van der Waals surface area (Å²) in [5.74, 6) is 2.17. The summed E-state index contributed by atoms with van der Waals surface area (Å²) in [5.41, 5.74) is 1.50. The van der Waals surface area contributed by atoms with Crippen LogP contribution in [-0.4, -0.2) is 0 Å². The van der Waals surface area contributed by atoms with Crippen molar-refractivity contribution < 1.29 is 0 Å². The molecule has 0 N–H and O–H groups in total. The fourth-order valence-electron chi connectivity index (χ4n) is 2.60. The predicted octanol–water partition coefficient (Wildman–Crippen LogP) is 4.00. The summed E-state index contributed by atoms with van der Waals surface area (Å²) in [5, 5.41) is 0. The van der Waals surface area contributed by atoms with E-state index in [4.69, 9.17) is 0 Å². The molecule has 0 spiro atoms. The zero-order valence-electron chi connectivity index (χ0n) is 8.98. The Morgan fingerprint density at radius 1 is 1.07 bits per heavy atom. The van der Waals surface area contributed by atoms with Crippen molar-refractivity contribution in [1.29, 1.82) is 0 Å². The molecule has 1 aromatic rings. The van der Waals surface area contributed by atoms with Crippen molar-refractivity contribution in [2.24, 2.45) is 11.8 Å². The van der Waals surface area contributed by atoms with Crippen molar-refractivity contribution in [3.8, 4) is 0 Å². The summed E-state index contributed by atoms with van der Waals surface area (Å²) >= 11 is 0. The van der Waals surface area contributed by atoms with E-state index in [0.717, 1.165) is 5.92 Å². The van der Waals surface area contributed by atoms with Gasteiger partial charge in [-0.05, 0) is 29.7 Å². The van der Waals surface area contributed by atoms with E-state index in [1.165, 1.54) is 12.0 Å². The topological polar surface area (TPSA) is 0 Å². The second kappa shape index (κ2) is 4.00. The number of rotatable bonds is 1. The molecule has 0 nitrogen and oxygen atoms in total. The van der Waals surface area contributed by atoms with Gasteiger partial charge in [0.1, 0.15) is 0 Å². The Hall–Kier alpha value is -1.04. The van der Waals surface area contributed by atoms with E-state index in [1.54, 1.807) is 0 Å². The van der Waals surface area contributed by atoms with Crippen molar-refractivity contribution in [3.05, 3.63) is 48.0 Å². The lowest BCUT2D eigenvalue weighted by Crippen LogP contribution is -2.19. The Labute approximate surface area is 86.7 Å². The lowest BCUT2D eigenvalue weighted by molar-refractivity contribution is 0.373. The first-order chi connectivity index (χ1) is 6.79. The molecule has 14 heavy (non-hydrogen) atoms. The maximum atomic E-state index is 2.36. The van der Waals surface area contributed by atoms with E-state index >= 15 is 0 Å². The third-order valence-electron chi connectivity index (χ3n) is 3.31. The Morgan fingerprint density at radius 3 is 2.43 bits per heavy atom. The van der Waals surface area contributed by atoms with Gasteiger partial charge in [0.25, 0.3) is 0 Å². The minimum Gasteiger partial charge on any atom is -0.0880 e. The minimum atomic E-state index is 0.682. The summed E-state index contributed by atoms with van der Waals surface area (Å²) in [7, 11) is 0. The molecule has 0 heteroatoms. The fourth-order valence-corrected chi connectivity index (χ4v) is 2.60. The number of hydrogen-bond donors (Lipinski definition) is 0. The molecule has 0 saturated carbocycles. The third kappa shape index (κ3) is 1.75. The van der Waals surface area contributed by atoms with Crippen molar-refractivity contribution in [2.75, 3.05) is 0 Å². The molecule has 0 saturated heterocycles. The normalized spacial score (nSPS) is 31.7. The minimum absolute atomic E-state index is 0.682. The molecule has 0 heterocycles. The number of hydrogen-bond acceptors (Lipinski definition) is 0. The smallest absolute Gasteiger partial charge is 0.00730 e. The predicted molar refractivity (Wildman–Crippen MR) is 61.3 cm³/mol. The quantitative estimate of drug-likeness (QED) is 0.581. The standard InChI is InChI=1S/C14H18/c1-11-7-6-8-12(2)14(11)13-9-4-3-5-10-13/h3-7,9-12,14H,8H2,1-2H3. The van der Waals surface area contributed by atoms with Crippen LogP contribution in [0.25, 0.3) is 0 Å². The van der Waals surface area contributed by atoms with Crippen molar-refractivity contribution in [2.45, 2.75) is 26.2 Å². The molecule has 2 rings (SSSR count). The van der Waals surface area contributed by atoms with Crippen molar-refractivity contribution in [1.82, 2.24) is 0 Å². The molecule has 0 radical (unpaired) electrons. The zero-order valence-corrected chi connectivity index (χ0v) is 8.98. The Balaban J connectivity index is 2.29. The van der Waals surface area contributed by atoms with Gasteiger partial charge in [-0.25, -0.2) is 0 Å². The molecule has 0 amide bonds. The molecular formula is C14H18. The first-order valence-corrected chi connectivity index (χ1v) is 5.50. The molecule has 0 fully saturated rings. The molecule has 0 aromatic heterocycles. The highest BCUT2D eigenvalue weighted by atomic mass is 14.3. The number of benzene rings is 1. The van der Waals surface area contributed by atoms with Crippen LogP contribution in [0, 0.1) is 11.8 Å². The van der Waals surface area contributed by atoms with Crippen LogP contribution < -0.4 is 0 Å². The molecule has 3 unspecified atom stereocenters. The highest BCUT2D eigenvalue weighted by Crippen LogP contribution is 2.37. The Morgan fingerprint density at radius 2 is 1.79 bits per heavy atom. The van der Waals surface area contributed by atoms with Gasteiger partial charge in [0.15, 0.2) is 0 Å². The van der Waals surface area contributed by atoms with E-state index in [1.807, 2.05) is 0 Å². The summed E-state index contributed by atoms with van der Waals surface area (Å²) in [6.07, 6.45) is 5.91. The largest absolute Gasteiger partial charge is 0.0880 e. The Bertz CT molecular complexity index is 310. The van der Waals surface area contributed by atoms with Crippen LogP contribution in [-0.2, 0) is 0 Å². The van der Waals surface area contributed by atoms with Crippen molar-refractivity contribution >= 4 is 0 Å². The Kier molecular flexibility index (Phi) is 2.72. The molecule has 1 aliphatic rings. The molecule has 1 aliphatic carbocycles. The average molecular weight is 186 g/mol. The number of allylic oxidation sites excluding steroid dienone is 2. The second-order valence-electron chi connectivity index (χ2n) is 4.44. The van der Waals surface area contributed by atoms with E-state index in [0.29, 0.717) is 11.8 Å². The maximum Gasteiger partial charge on any atom is -0.00730 e. The third-order valence-corrected chi connectivity index (χ3v) is 3.31. The van der Waals surface area contributed by atoms with Crippen LogP contribution in [0.5, 0.6) is 0 Å². The van der Waals surface area contributed by atoms with E-state index < -0.39 is 0 Å². The summed E-state index contributed by atoms with van der Waals surface area (Å²) in [4.78, 5) is 0. The molecule has 0 bridgehead atoms. The van der Waals surface area contributed by atoms with Crippen LogP contribution >= 0.6 is 0 Å². The van der Waals surface area contributed by atoms with Gasteiger partial charge in [0, 0.05) is 0 Å². The highest BCUT2D eigenvalue weighted by Gasteiger charge is 2.25. The van der Waals surface area contributed by atoms with Gasteiger partial charge in [-0.1, -0.05) is 56.3 Å². The zero-order chi connectivity index (χ0) is 9.97. The summed E-state index contributed by atoms with van der Waals surface area (Å²) in [6.45, 7) is 4.68. The molecular weight excluding hydrogens is 168 g/mol. The lowest BCUT2D eigenvalue weighted by Gasteiger charge is -2.31. The van der Waals surface area contributed by atoms with E-state index in [9.17, 15) is 0 Å². The van der Waals surface area contributed by atoms with E-state index in [2.05, 4.69) is 56.3 Å². The van der Waals surface area contributed by atoms with Gasteiger partial charge in [0.05, 0.1) is 0 Å². The average Bonchev–Trinajstić information content (AvgIpc) is 2.19. The van der Waals surface area contributed by atoms with Gasteiger partial charge >= 0.3 is 0 Å². The van der Waals surface area contributed by atoms with Gasteiger partial charge in [-0.15, -0.1) is 0 Å². The SMILES string of the molecule is CC1C=CCC(C)C1c1ccccc1. The first kappa shape index (κ1) is 9.51. The van der Waals surface area contributed by atoms with Crippen molar-refractivity contribution in [3.63, 3.8) is 0 Å². The maximum absolute atomic E-state index is 2.36. The molecule has 74 valence electrons. The lowest BCUT2D eigenvalue weighted by atomic mass is 9.74. The van der Waals surface area contributed by atoms with E-state index in [-0.39, 0.29) is 0 Å². The first-order valence-electron chi connectivity index (χ1n) is 5.50. The van der Waals surface area contributed by atoms with Crippen LogP contribution in [0.4, 0.5) is 0 Å². The summed E-state index contributed by atoms with van der Waals surface area (Å²) in [6, 6.07) is 10.9. The molecule has 1 aromatic carbocycles. The van der Waals surface area contributed by atoms with Crippen LogP contribution in [0.3, 0.4) is 0 Å². The fraction of sp³-hybridized carbons (Fsp3) is 0.429. The van der Waals surface area contributed by atoms with Crippen LogP contribution in [0.15, 0.2) is 42.5 Å². The van der Waals surface area contributed by atoms with Crippen LogP contribution in [0.2, 0.25) is 0 Å². The van der Waals surface area contributed by atoms with Gasteiger partial charge in [-0.2, -0.15) is 0 Å². The van der Waals surface area contributed by atoms with Crippen LogP contribution in [0.1, 0.15) is 31.7 Å². The molecule has 0 aliphatic heterocycles.